The highest BCUT2D eigenvalue weighted by atomic mass is 28.4. The Labute approximate surface area is 146 Å². The molecule has 2 rings (SSSR count). The van der Waals surface area contributed by atoms with Gasteiger partial charge >= 0.3 is 0 Å². The van der Waals surface area contributed by atoms with Gasteiger partial charge in [0.1, 0.15) is 11.9 Å². The predicted molar refractivity (Wildman–Crippen MR) is 103 cm³/mol. The van der Waals surface area contributed by atoms with Gasteiger partial charge in [0.05, 0.1) is 17.6 Å². The van der Waals surface area contributed by atoms with Crippen molar-refractivity contribution in [3.63, 3.8) is 0 Å². The second-order valence-corrected chi connectivity index (χ2v) is 13.2. The molecule has 0 saturated heterocycles. The van der Waals surface area contributed by atoms with Gasteiger partial charge in [-0.2, -0.15) is 0 Å². The number of aromatic nitrogens is 2. The van der Waals surface area contributed by atoms with Crippen molar-refractivity contribution in [1.29, 1.82) is 0 Å². The Hall–Kier alpha value is -1.17. The largest absolute Gasteiger partial charge is 0.414 e. The van der Waals surface area contributed by atoms with Crippen LogP contribution < -0.4 is 0 Å². The van der Waals surface area contributed by atoms with Gasteiger partial charge in [-0.3, -0.25) is 0 Å². The van der Waals surface area contributed by atoms with Crippen molar-refractivity contribution in [2.45, 2.75) is 72.7 Å². The number of rotatable bonds is 4. The maximum atomic E-state index is 10.6. The number of hydrogen-bond acceptors (Lipinski definition) is 3. The van der Waals surface area contributed by atoms with E-state index in [0.717, 1.165) is 11.0 Å². The first-order valence-electron chi connectivity index (χ1n) is 8.65. The van der Waals surface area contributed by atoms with E-state index >= 15 is 0 Å². The van der Waals surface area contributed by atoms with E-state index in [1.54, 1.807) is 0 Å². The van der Waals surface area contributed by atoms with Crippen molar-refractivity contribution in [3.05, 3.63) is 28.1 Å². The lowest BCUT2D eigenvalue weighted by molar-refractivity contribution is 0.0942. The molecule has 24 heavy (non-hydrogen) atoms. The number of fused-ring (bicyclic) bond motifs is 1. The smallest absolute Gasteiger partial charge is 0.192 e. The Bertz CT molecular complexity index is 712. The van der Waals surface area contributed by atoms with Gasteiger partial charge in [-0.15, -0.1) is 0 Å². The average Bonchev–Trinajstić information content (AvgIpc) is 2.93. The number of aliphatic hydroxyl groups excluding tert-OH is 1. The molecule has 0 bridgehead atoms. The molecule has 0 aliphatic carbocycles. The van der Waals surface area contributed by atoms with Gasteiger partial charge in [0, 0.05) is 0 Å². The van der Waals surface area contributed by atoms with Crippen LogP contribution in [0.2, 0.25) is 18.1 Å². The molecule has 1 heterocycles. The fourth-order valence-corrected chi connectivity index (χ4v) is 3.61. The zero-order valence-electron chi connectivity index (χ0n) is 16.6. The highest BCUT2D eigenvalue weighted by molar-refractivity contribution is 6.74. The first kappa shape index (κ1) is 19.2. The number of nitrogens with zero attached hydrogens (tertiary/aromatic N) is 1. The van der Waals surface area contributed by atoms with Gasteiger partial charge < -0.3 is 14.5 Å². The molecule has 0 aliphatic heterocycles. The summed E-state index contributed by atoms with van der Waals surface area (Å²) in [5.74, 6) is 0.597. The Morgan fingerprint density at radius 3 is 2.12 bits per heavy atom. The van der Waals surface area contributed by atoms with E-state index in [1.807, 2.05) is 0 Å². The first-order valence-corrected chi connectivity index (χ1v) is 11.6. The fraction of sp³-hybridized carbons (Fsp3) is 0.632. The predicted octanol–water partition coefficient (Wildman–Crippen LogP) is 4.85. The molecule has 5 heteroatoms. The summed E-state index contributed by atoms with van der Waals surface area (Å²) in [6.45, 7) is 19.7. The van der Waals surface area contributed by atoms with Crippen molar-refractivity contribution in [3.8, 4) is 0 Å². The number of aryl methyl sites for hydroxylation is 2. The molecule has 0 amide bonds. The summed E-state index contributed by atoms with van der Waals surface area (Å²) in [6, 6.07) is 0. The van der Waals surface area contributed by atoms with Gasteiger partial charge in [-0.25, -0.2) is 4.98 Å². The number of H-pyrrole nitrogens is 1. The van der Waals surface area contributed by atoms with E-state index in [-0.39, 0.29) is 11.6 Å². The molecule has 0 aliphatic rings. The molecule has 134 valence electrons. The molecule has 1 unspecified atom stereocenters. The molecule has 1 atom stereocenters. The summed E-state index contributed by atoms with van der Waals surface area (Å²) >= 11 is 0. The zero-order chi connectivity index (χ0) is 18.4. The average molecular weight is 349 g/mol. The van der Waals surface area contributed by atoms with Crippen molar-refractivity contribution in [2.24, 2.45) is 0 Å². The third-order valence-electron chi connectivity index (χ3n) is 5.86. The molecule has 0 saturated carbocycles. The standard InChI is InChI=1S/C19H32N2O2Si/c1-11-12(2)14(4)17-16(13(11)3)20-18(21-17)15(22)10-23-24(8,9)19(5,6)7/h15,22H,10H2,1-9H3,(H,20,21). The highest BCUT2D eigenvalue weighted by Crippen LogP contribution is 2.37. The molecule has 4 nitrogen and oxygen atoms in total. The summed E-state index contributed by atoms with van der Waals surface area (Å²) in [5, 5.41) is 10.7. The first-order chi connectivity index (χ1) is 10.9. The van der Waals surface area contributed by atoms with Crippen LogP contribution in [-0.4, -0.2) is 30.0 Å². The lowest BCUT2D eigenvalue weighted by Gasteiger charge is -2.36. The monoisotopic (exact) mass is 348 g/mol. The fourth-order valence-electron chi connectivity index (χ4n) is 2.60. The molecular weight excluding hydrogens is 316 g/mol. The van der Waals surface area contributed by atoms with Crippen molar-refractivity contribution >= 4 is 19.4 Å². The van der Waals surface area contributed by atoms with Gasteiger partial charge in [-0.05, 0) is 68.1 Å². The van der Waals surface area contributed by atoms with Gasteiger partial charge in [-0.1, -0.05) is 20.8 Å². The Kier molecular flexibility index (Phi) is 5.01. The molecular formula is C19H32N2O2Si. The molecule has 1 aromatic heterocycles. The maximum absolute atomic E-state index is 10.6. The molecule has 0 spiro atoms. The molecule has 0 radical (unpaired) electrons. The number of benzene rings is 1. The minimum Gasteiger partial charge on any atom is -0.414 e. The summed E-state index contributed by atoms with van der Waals surface area (Å²) in [5.41, 5.74) is 6.90. The lowest BCUT2D eigenvalue weighted by Crippen LogP contribution is -2.41. The third-order valence-corrected chi connectivity index (χ3v) is 10.4. The van der Waals surface area contributed by atoms with Gasteiger partial charge in [0.25, 0.3) is 0 Å². The second kappa shape index (κ2) is 6.28. The zero-order valence-corrected chi connectivity index (χ0v) is 17.6. The summed E-state index contributed by atoms with van der Waals surface area (Å²) in [6.07, 6.45) is -0.731. The van der Waals surface area contributed by atoms with E-state index in [0.29, 0.717) is 5.82 Å². The van der Waals surface area contributed by atoms with Crippen LogP contribution in [0.25, 0.3) is 11.0 Å². The quantitative estimate of drug-likeness (QED) is 0.776. The Balaban J connectivity index is 2.30. The maximum Gasteiger partial charge on any atom is 0.192 e. The number of imidazole rings is 1. The van der Waals surface area contributed by atoms with Crippen LogP contribution in [0, 0.1) is 27.7 Å². The van der Waals surface area contributed by atoms with E-state index in [4.69, 9.17) is 4.43 Å². The van der Waals surface area contributed by atoms with Crippen molar-refractivity contribution in [2.75, 3.05) is 6.61 Å². The lowest BCUT2D eigenvalue weighted by atomic mass is 9.98. The van der Waals surface area contributed by atoms with Gasteiger partial charge in [0.2, 0.25) is 0 Å². The third kappa shape index (κ3) is 3.30. The summed E-state index contributed by atoms with van der Waals surface area (Å²) < 4.78 is 6.14. The van der Waals surface area contributed by atoms with Crippen LogP contribution in [0.4, 0.5) is 0 Å². The second-order valence-electron chi connectivity index (χ2n) is 8.43. The van der Waals surface area contributed by atoms with E-state index < -0.39 is 14.4 Å². The SMILES string of the molecule is Cc1c(C)c(C)c2[nH]c(C(O)CO[Si](C)(C)C(C)(C)C)nc2c1C. The highest BCUT2D eigenvalue weighted by Gasteiger charge is 2.37. The Morgan fingerprint density at radius 2 is 1.58 bits per heavy atom. The summed E-state index contributed by atoms with van der Waals surface area (Å²) in [4.78, 5) is 7.99. The molecule has 1 aromatic carbocycles. The minimum absolute atomic E-state index is 0.127. The molecule has 0 fully saturated rings. The van der Waals surface area contributed by atoms with Crippen molar-refractivity contribution in [1.82, 2.24) is 9.97 Å². The number of aromatic amines is 1. The van der Waals surface area contributed by atoms with Crippen molar-refractivity contribution < 1.29 is 9.53 Å². The normalized spacial score (nSPS) is 14.4. The molecule has 2 aromatic rings. The van der Waals surface area contributed by atoms with E-state index in [9.17, 15) is 5.11 Å². The van der Waals surface area contributed by atoms with Crippen LogP contribution in [0.15, 0.2) is 0 Å². The number of hydrogen-bond donors (Lipinski definition) is 2. The van der Waals surface area contributed by atoms with Crippen LogP contribution in [0.5, 0.6) is 0 Å². The molecule has 2 N–H and O–H groups in total. The topological polar surface area (TPSA) is 58.1 Å². The van der Waals surface area contributed by atoms with E-state index in [1.165, 1.54) is 22.3 Å². The van der Waals surface area contributed by atoms with Crippen LogP contribution in [0.1, 0.15) is 55.0 Å². The van der Waals surface area contributed by atoms with E-state index in [2.05, 4.69) is 71.5 Å². The summed E-state index contributed by atoms with van der Waals surface area (Å²) in [7, 11) is -1.88. The van der Waals surface area contributed by atoms with Gasteiger partial charge in [0.15, 0.2) is 8.32 Å². The van der Waals surface area contributed by atoms with Crippen LogP contribution in [-0.2, 0) is 4.43 Å². The number of nitrogens with one attached hydrogen (secondary N) is 1. The minimum atomic E-state index is -1.88. The van der Waals surface area contributed by atoms with Crippen LogP contribution in [0.3, 0.4) is 0 Å². The van der Waals surface area contributed by atoms with Crippen LogP contribution >= 0.6 is 0 Å². The Morgan fingerprint density at radius 1 is 1.04 bits per heavy atom. The number of aliphatic hydroxyl groups is 1.